The predicted molar refractivity (Wildman–Crippen MR) is 48.6 cm³/mol. The number of nitrogens with two attached hydrogens (primary N) is 1. The standard InChI is InChI=1S/C7H6BrFN2O2/c8-5-2-1-4(3-10)6(9)7(5)11(12)13/h1-2H,3,10H2. The molecule has 0 aromatic heterocycles. The molecule has 70 valence electrons. The molecule has 13 heavy (non-hydrogen) atoms. The quantitative estimate of drug-likeness (QED) is 0.643. The lowest BCUT2D eigenvalue weighted by atomic mass is 10.2. The average Bonchev–Trinajstić information content (AvgIpc) is 2.04. The topological polar surface area (TPSA) is 69.2 Å². The highest BCUT2D eigenvalue weighted by Gasteiger charge is 2.21. The second kappa shape index (κ2) is 3.80. The van der Waals surface area contributed by atoms with Crippen molar-refractivity contribution in [2.75, 3.05) is 0 Å². The zero-order valence-corrected chi connectivity index (χ0v) is 8.04. The van der Waals surface area contributed by atoms with Gasteiger partial charge in [-0.1, -0.05) is 6.07 Å². The predicted octanol–water partition coefficient (Wildman–Crippen LogP) is 1.96. The van der Waals surface area contributed by atoms with E-state index in [4.69, 9.17) is 5.73 Å². The molecule has 1 rings (SSSR count). The van der Waals surface area contributed by atoms with Crippen LogP contribution in [0.15, 0.2) is 16.6 Å². The van der Waals surface area contributed by atoms with Gasteiger partial charge in [-0.25, -0.2) is 0 Å². The summed E-state index contributed by atoms with van der Waals surface area (Å²) >= 11 is 2.89. The second-order valence-electron chi connectivity index (χ2n) is 2.33. The van der Waals surface area contributed by atoms with Gasteiger partial charge in [0.2, 0.25) is 5.82 Å². The van der Waals surface area contributed by atoms with Gasteiger partial charge in [0.25, 0.3) is 0 Å². The van der Waals surface area contributed by atoms with E-state index in [1.54, 1.807) is 0 Å². The van der Waals surface area contributed by atoms with Crippen molar-refractivity contribution in [1.29, 1.82) is 0 Å². The van der Waals surface area contributed by atoms with Gasteiger partial charge in [0, 0.05) is 12.1 Å². The molecule has 1 aromatic rings. The van der Waals surface area contributed by atoms with Crippen LogP contribution in [0.2, 0.25) is 0 Å². The molecule has 0 heterocycles. The molecule has 0 spiro atoms. The Bertz CT molecular complexity index is 357. The minimum Gasteiger partial charge on any atom is -0.326 e. The van der Waals surface area contributed by atoms with E-state index in [0.29, 0.717) is 0 Å². The van der Waals surface area contributed by atoms with Crippen LogP contribution in [0.3, 0.4) is 0 Å². The molecule has 4 nitrogen and oxygen atoms in total. The van der Waals surface area contributed by atoms with E-state index in [0.717, 1.165) is 0 Å². The van der Waals surface area contributed by atoms with Crippen molar-refractivity contribution in [3.63, 3.8) is 0 Å². The lowest BCUT2D eigenvalue weighted by Crippen LogP contribution is -2.03. The fourth-order valence-corrected chi connectivity index (χ4v) is 1.36. The largest absolute Gasteiger partial charge is 0.326 e. The van der Waals surface area contributed by atoms with Crippen molar-refractivity contribution in [3.05, 3.63) is 38.1 Å². The van der Waals surface area contributed by atoms with Crippen LogP contribution in [-0.2, 0) is 6.54 Å². The molecule has 0 aliphatic rings. The molecular weight excluding hydrogens is 243 g/mol. The fourth-order valence-electron chi connectivity index (χ4n) is 0.908. The monoisotopic (exact) mass is 248 g/mol. The summed E-state index contributed by atoms with van der Waals surface area (Å²) in [6.45, 7) is -0.0556. The Morgan fingerprint density at radius 3 is 2.69 bits per heavy atom. The highest BCUT2D eigenvalue weighted by atomic mass is 79.9. The summed E-state index contributed by atoms with van der Waals surface area (Å²) in [5, 5.41) is 10.4. The average molecular weight is 249 g/mol. The molecule has 0 unspecified atom stereocenters. The van der Waals surface area contributed by atoms with Gasteiger partial charge in [0.1, 0.15) is 0 Å². The molecule has 0 fully saturated rings. The van der Waals surface area contributed by atoms with Crippen LogP contribution < -0.4 is 5.73 Å². The Balaban J connectivity index is 3.38. The van der Waals surface area contributed by atoms with Crippen molar-refractivity contribution in [3.8, 4) is 0 Å². The summed E-state index contributed by atoms with van der Waals surface area (Å²) in [6.07, 6.45) is 0. The Morgan fingerprint density at radius 2 is 2.23 bits per heavy atom. The highest BCUT2D eigenvalue weighted by Crippen LogP contribution is 2.29. The van der Waals surface area contributed by atoms with Crippen LogP contribution in [-0.4, -0.2) is 4.92 Å². The molecule has 0 radical (unpaired) electrons. The Kier molecular flexibility index (Phi) is 2.94. The lowest BCUT2D eigenvalue weighted by molar-refractivity contribution is -0.388. The minimum atomic E-state index is -0.873. The SMILES string of the molecule is NCc1ccc(Br)c([N+](=O)[O-])c1F. The molecule has 0 amide bonds. The first-order valence-corrected chi connectivity index (χ1v) is 4.18. The first kappa shape index (κ1) is 10.1. The zero-order chi connectivity index (χ0) is 10.0. The maximum absolute atomic E-state index is 13.2. The van der Waals surface area contributed by atoms with E-state index in [9.17, 15) is 14.5 Å². The normalized spacial score (nSPS) is 10.1. The van der Waals surface area contributed by atoms with E-state index in [-0.39, 0.29) is 16.6 Å². The number of hydrogen-bond donors (Lipinski definition) is 1. The zero-order valence-electron chi connectivity index (χ0n) is 6.46. The van der Waals surface area contributed by atoms with Gasteiger partial charge in [-0.2, -0.15) is 4.39 Å². The molecule has 0 bridgehead atoms. The summed E-state index contributed by atoms with van der Waals surface area (Å²) in [7, 11) is 0. The number of rotatable bonds is 2. The second-order valence-corrected chi connectivity index (χ2v) is 3.18. The number of nitrogens with zero attached hydrogens (tertiary/aromatic N) is 1. The van der Waals surface area contributed by atoms with Gasteiger partial charge in [0.15, 0.2) is 0 Å². The minimum absolute atomic E-state index is 0.0556. The van der Waals surface area contributed by atoms with Crippen molar-refractivity contribution >= 4 is 21.6 Å². The van der Waals surface area contributed by atoms with Crippen LogP contribution in [0, 0.1) is 15.9 Å². The summed E-state index contributed by atoms with van der Waals surface area (Å²) in [5.74, 6) is -0.873. The number of hydrogen-bond acceptors (Lipinski definition) is 3. The molecule has 1 aromatic carbocycles. The van der Waals surface area contributed by atoms with Gasteiger partial charge < -0.3 is 5.73 Å². The van der Waals surface area contributed by atoms with Crippen LogP contribution in [0.5, 0.6) is 0 Å². The first-order chi connectivity index (χ1) is 6.07. The van der Waals surface area contributed by atoms with E-state index >= 15 is 0 Å². The highest BCUT2D eigenvalue weighted by molar-refractivity contribution is 9.10. The molecule has 0 saturated heterocycles. The van der Waals surface area contributed by atoms with Gasteiger partial charge in [0.05, 0.1) is 9.40 Å². The third kappa shape index (κ3) is 1.84. The van der Waals surface area contributed by atoms with Crippen LogP contribution in [0.1, 0.15) is 5.56 Å². The Morgan fingerprint density at radius 1 is 1.62 bits per heavy atom. The van der Waals surface area contributed by atoms with Crippen LogP contribution >= 0.6 is 15.9 Å². The van der Waals surface area contributed by atoms with E-state index in [1.807, 2.05) is 0 Å². The number of nitro groups is 1. The number of benzene rings is 1. The lowest BCUT2D eigenvalue weighted by Gasteiger charge is -2.01. The van der Waals surface area contributed by atoms with E-state index in [2.05, 4.69) is 15.9 Å². The Labute approximate surface area is 81.8 Å². The molecular formula is C7H6BrFN2O2. The molecule has 0 aliphatic heterocycles. The smallest absolute Gasteiger partial charge is 0.319 e. The fraction of sp³-hybridized carbons (Fsp3) is 0.143. The third-order valence-electron chi connectivity index (χ3n) is 1.55. The van der Waals surface area contributed by atoms with Crippen LogP contribution in [0.4, 0.5) is 10.1 Å². The number of nitro benzene ring substituents is 1. The van der Waals surface area contributed by atoms with Gasteiger partial charge in [-0.3, -0.25) is 10.1 Å². The number of halogens is 2. The van der Waals surface area contributed by atoms with Crippen LogP contribution in [0.25, 0.3) is 0 Å². The van der Waals surface area contributed by atoms with Crippen molar-refractivity contribution in [1.82, 2.24) is 0 Å². The maximum Gasteiger partial charge on any atom is 0.319 e. The third-order valence-corrected chi connectivity index (χ3v) is 2.19. The molecule has 0 atom stereocenters. The summed E-state index contributed by atoms with van der Waals surface area (Å²) < 4.78 is 13.4. The summed E-state index contributed by atoms with van der Waals surface area (Å²) in [5.41, 5.74) is 4.76. The van der Waals surface area contributed by atoms with E-state index in [1.165, 1.54) is 12.1 Å². The summed E-state index contributed by atoms with van der Waals surface area (Å²) in [4.78, 5) is 9.63. The molecule has 0 aliphatic carbocycles. The van der Waals surface area contributed by atoms with Gasteiger partial charge in [-0.05, 0) is 22.0 Å². The van der Waals surface area contributed by atoms with Crippen molar-refractivity contribution in [2.45, 2.75) is 6.54 Å². The van der Waals surface area contributed by atoms with Crippen molar-refractivity contribution < 1.29 is 9.31 Å². The van der Waals surface area contributed by atoms with Gasteiger partial charge >= 0.3 is 5.69 Å². The summed E-state index contributed by atoms with van der Waals surface area (Å²) in [6, 6.07) is 2.82. The first-order valence-electron chi connectivity index (χ1n) is 3.39. The van der Waals surface area contributed by atoms with Gasteiger partial charge in [-0.15, -0.1) is 0 Å². The maximum atomic E-state index is 13.2. The molecule has 6 heteroatoms. The molecule has 2 N–H and O–H groups in total. The van der Waals surface area contributed by atoms with Crippen molar-refractivity contribution in [2.24, 2.45) is 5.73 Å². The Hall–Kier alpha value is -1.01. The van der Waals surface area contributed by atoms with E-state index < -0.39 is 16.4 Å². The molecule has 0 saturated carbocycles.